The molecule has 3 rings (SSSR count). The summed E-state index contributed by atoms with van der Waals surface area (Å²) in [5, 5.41) is 0. The van der Waals surface area contributed by atoms with Gasteiger partial charge in [0.2, 0.25) is 0 Å². The molecule has 4 heteroatoms. The standard InChI is InChI=1S/C15H14N4/c1-3-13-9-16-14-15(18-13)19(10-17-14)11(2)12-7-5-4-6-8-12/h3-11H,1H2,2H3/t11-/m0/s1. The summed E-state index contributed by atoms with van der Waals surface area (Å²) in [4.78, 5) is 13.1. The van der Waals surface area contributed by atoms with Crippen molar-refractivity contribution >= 4 is 17.4 Å². The van der Waals surface area contributed by atoms with E-state index in [-0.39, 0.29) is 6.04 Å². The van der Waals surface area contributed by atoms with Gasteiger partial charge in [-0.05, 0) is 18.6 Å². The number of nitrogens with zero attached hydrogens (tertiary/aromatic N) is 4. The molecule has 0 aliphatic carbocycles. The van der Waals surface area contributed by atoms with Crippen molar-refractivity contribution in [2.75, 3.05) is 0 Å². The van der Waals surface area contributed by atoms with Gasteiger partial charge in [0.15, 0.2) is 11.3 Å². The van der Waals surface area contributed by atoms with Gasteiger partial charge in [-0.25, -0.2) is 15.0 Å². The molecule has 0 N–H and O–H groups in total. The summed E-state index contributed by atoms with van der Waals surface area (Å²) in [7, 11) is 0. The van der Waals surface area contributed by atoms with Crippen LogP contribution in [-0.4, -0.2) is 19.5 Å². The van der Waals surface area contributed by atoms with Crippen LogP contribution in [0.4, 0.5) is 0 Å². The monoisotopic (exact) mass is 250 g/mol. The second-order valence-corrected chi connectivity index (χ2v) is 4.38. The lowest BCUT2D eigenvalue weighted by atomic mass is 10.1. The van der Waals surface area contributed by atoms with Gasteiger partial charge in [0.1, 0.15) is 0 Å². The predicted molar refractivity (Wildman–Crippen MR) is 75.7 cm³/mol. The highest BCUT2D eigenvalue weighted by Gasteiger charge is 2.13. The van der Waals surface area contributed by atoms with Crippen LogP contribution in [0.2, 0.25) is 0 Å². The molecule has 1 atom stereocenters. The predicted octanol–water partition coefficient (Wildman–Crippen LogP) is 3.08. The van der Waals surface area contributed by atoms with Crippen LogP contribution in [0.1, 0.15) is 24.2 Å². The lowest BCUT2D eigenvalue weighted by Gasteiger charge is -2.14. The summed E-state index contributed by atoms with van der Waals surface area (Å²) in [6.45, 7) is 5.85. The minimum atomic E-state index is 0.167. The summed E-state index contributed by atoms with van der Waals surface area (Å²) in [5.41, 5.74) is 3.42. The lowest BCUT2D eigenvalue weighted by molar-refractivity contribution is 0.652. The first-order valence-corrected chi connectivity index (χ1v) is 6.16. The SMILES string of the molecule is C=Cc1cnc2ncn([C@@H](C)c3ccccc3)c2n1. The van der Waals surface area contributed by atoms with Crippen LogP contribution in [-0.2, 0) is 0 Å². The molecule has 94 valence electrons. The van der Waals surface area contributed by atoms with Gasteiger partial charge >= 0.3 is 0 Å². The molecule has 1 aromatic carbocycles. The zero-order valence-corrected chi connectivity index (χ0v) is 10.7. The summed E-state index contributed by atoms with van der Waals surface area (Å²) in [6.07, 6.45) is 5.16. The molecule has 0 bridgehead atoms. The molecule has 0 aliphatic rings. The van der Waals surface area contributed by atoms with E-state index < -0.39 is 0 Å². The highest BCUT2D eigenvalue weighted by Crippen LogP contribution is 2.21. The van der Waals surface area contributed by atoms with Crippen LogP contribution in [0.15, 0.2) is 49.4 Å². The first kappa shape index (κ1) is 11.6. The molecular weight excluding hydrogens is 236 g/mol. The van der Waals surface area contributed by atoms with E-state index >= 15 is 0 Å². The zero-order valence-electron chi connectivity index (χ0n) is 10.7. The third kappa shape index (κ3) is 2.01. The van der Waals surface area contributed by atoms with Gasteiger partial charge in [-0.3, -0.25) is 0 Å². The van der Waals surface area contributed by atoms with E-state index in [4.69, 9.17) is 0 Å². The van der Waals surface area contributed by atoms with Crippen LogP contribution >= 0.6 is 0 Å². The molecule has 0 unspecified atom stereocenters. The van der Waals surface area contributed by atoms with Gasteiger partial charge in [-0.15, -0.1) is 0 Å². The number of rotatable bonds is 3. The van der Waals surface area contributed by atoms with Crippen molar-refractivity contribution in [2.45, 2.75) is 13.0 Å². The molecule has 0 radical (unpaired) electrons. The molecule has 3 aromatic rings. The molecule has 0 saturated heterocycles. The smallest absolute Gasteiger partial charge is 0.197 e. The minimum Gasteiger partial charge on any atom is -0.307 e. The molecule has 0 spiro atoms. The van der Waals surface area contributed by atoms with E-state index in [0.29, 0.717) is 5.65 Å². The molecular formula is C15H14N4. The van der Waals surface area contributed by atoms with Crippen LogP contribution in [0, 0.1) is 0 Å². The van der Waals surface area contributed by atoms with E-state index in [0.717, 1.165) is 11.3 Å². The fraction of sp³-hybridized carbons (Fsp3) is 0.133. The molecule has 0 fully saturated rings. The maximum absolute atomic E-state index is 4.52. The second-order valence-electron chi connectivity index (χ2n) is 4.38. The van der Waals surface area contributed by atoms with Gasteiger partial charge in [0.05, 0.1) is 24.3 Å². The van der Waals surface area contributed by atoms with E-state index in [2.05, 4.69) is 40.6 Å². The quantitative estimate of drug-likeness (QED) is 0.717. The van der Waals surface area contributed by atoms with Crippen LogP contribution in [0.25, 0.3) is 17.4 Å². The van der Waals surface area contributed by atoms with Crippen LogP contribution in [0.5, 0.6) is 0 Å². The Balaban J connectivity index is 2.12. The van der Waals surface area contributed by atoms with E-state index in [1.54, 1.807) is 18.6 Å². The molecule has 0 amide bonds. The van der Waals surface area contributed by atoms with E-state index in [1.807, 2.05) is 22.8 Å². The first-order chi connectivity index (χ1) is 9.29. The summed E-state index contributed by atoms with van der Waals surface area (Å²) in [5.74, 6) is 0. The Morgan fingerprint density at radius 2 is 2.00 bits per heavy atom. The van der Waals surface area contributed by atoms with Crippen molar-refractivity contribution in [1.29, 1.82) is 0 Å². The molecule has 2 aromatic heterocycles. The van der Waals surface area contributed by atoms with Gasteiger partial charge in [-0.2, -0.15) is 0 Å². The van der Waals surface area contributed by atoms with Crippen molar-refractivity contribution in [1.82, 2.24) is 19.5 Å². The van der Waals surface area contributed by atoms with Crippen molar-refractivity contribution in [3.05, 3.63) is 60.7 Å². The Bertz CT molecular complexity index is 715. The number of imidazole rings is 1. The van der Waals surface area contributed by atoms with Gasteiger partial charge < -0.3 is 4.57 Å². The fourth-order valence-electron chi connectivity index (χ4n) is 2.10. The number of benzene rings is 1. The second kappa shape index (κ2) is 4.65. The van der Waals surface area contributed by atoms with E-state index in [1.165, 1.54) is 5.56 Å². The molecule has 4 nitrogen and oxygen atoms in total. The van der Waals surface area contributed by atoms with Gasteiger partial charge in [0, 0.05) is 0 Å². The topological polar surface area (TPSA) is 43.6 Å². The summed E-state index contributed by atoms with van der Waals surface area (Å²) >= 11 is 0. The Labute approximate surface area is 111 Å². The van der Waals surface area contributed by atoms with Crippen LogP contribution in [0.3, 0.4) is 0 Å². The maximum atomic E-state index is 4.52. The highest BCUT2D eigenvalue weighted by molar-refractivity contribution is 5.67. The Hall–Kier alpha value is -2.49. The maximum Gasteiger partial charge on any atom is 0.197 e. The third-order valence-corrected chi connectivity index (χ3v) is 3.21. The number of hydrogen-bond donors (Lipinski definition) is 0. The fourth-order valence-corrected chi connectivity index (χ4v) is 2.10. The zero-order chi connectivity index (χ0) is 13.2. The molecule has 0 saturated carbocycles. The molecule has 2 heterocycles. The number of hydrogen-bond acceptors (Lipinski definition) is 3. The Morgan fingerprint density at radius 3 is 2.74 bits per heavy atom. The first-order valence-electron chi connectivity index (χ1n) is 6.16. The van der Waals surface area contributed by atoms with Crippen molar-refractivity contribution in [3.8, 4) is 0 Å². The summed E-state index contributed by atoms with van der Waals surface area (Å²) in [6, 6.07) is 10.4. The number of aromatic nitrogens is 4. The number of fused-ring (bicyclic) bond motifs is 1. The average Bonchev–Trinajstić information content (AvgIpc) is 2.90. The minimum absolute atomic E-state index is 0.167. The van der Waals surface area contributed by atoms with Gasteiger partial charge in [-0.1, -0.05) is 36.9 Å². The summed E-state index contributed by atoms with van der Waals surface area (Å²) < 4.78 is 2.03. The van der Waals surface area contributed by atoms with E-state index in [9.17, 15) is 0 Å². The van der Waals surface area contributed by atoms with Crippen molar-refractivity contribution < 1.29 is 0 Å². The Kier molecular flexibility index (Phi) is 2.83. The normalized spacial score (nSPS) is 12.5. The van der Waals surface area contributed by atoms with Crippen molar-refractivity contribution in [2.24, 2.45) is 0 Å². The average molecular weight is 250 g/mol. The molecule has 19 heavy (non-hydrogen) atoms. The third-order valence-electron chi connectivity index (χ3n) is 3.21. The largest absolute Gasteiger partial charge is 0.307 e. The lowest BCUT2D eigenvalue weighted by Crippen LogP contribution is -2.06. The van der Waals surface area contributed by atoms with Gasteiger partial charge in [0.25, 0.3) is 0 Å². The Morgan fingerprint density at radius 1 is 1.21 bits per heavy atom. The van der Waals surface area contributed by atoms with Crippen LogP contribution < -0.4 is 0 Å². The van der Waals surface area contributed by atoms with Crippen molar-refractivity contribution in [3.63, 3.8) is 0 Å². The highest BCUT2D eigenvalue weighted by atomic mass is 15.1. The molecule has 0 aliphatic heterocycles.